The van der Waals surface area contributed by atoms with Crippen LogP contribution in [-0.2, 0) is 4.79 Å². The topological polar surface area (TPSA) is 93.3 Å². The molecule has 0 spiro atoms. The van der Waals surface area contributed by atoms with Gasteiger partial charge in [-0.25, -0.2) is 9.97 Å². The standard InChI is InChI=1S/C19H18BrN5O/c20-15-11-22-19(23-12-15)24-16(13-7-3-1-4-8-13)18(26)25-17(21)14-9-5-2-6-10-14/h1-5,7-9,11-12,16H,6,10H2,(H2,21,25,26)(H,22,23,24). The molecule has 0 radical (unpaired) electrons. The summed E-state index contributed by atoms with van der Waals surface area (Å²) in [4.78, 5) is 25.3. The van der Waals surface area contributed by atoms with Crippen molar-refractivity contribution in [2.75, 3.05) is 5.32 Å². The Morgan fingerprint density at radius 2 is 1.96 bits per heavy atom. The molecule has 1 aromatic carbocycles. The Labute approximate surface area is 160 Å². The summed E-state index contributed by atoms with van der Waals surface area (Å²) in [5.41, 5.74) is 7.67. The lowest BCUT2D eigenvalue weighted by Gasteiger charge is -2.16. The van der Waals surface area contributed by atoms with Gasteiger partial charge in [0.15, 0.2) is 0 Å². The summed E-state index contributed by atoms with van der Waals surface area (Å²) in [5.74, 6) is 0.193. The monoisotopic (exact) mass is 411 g/mol. The Bertz CT molecular complexity index is 859. The largest absolute Gasteiger partial charge is 0.383 e. The number of nitrogens with one attached hydrogen (secondary N) is 1. The van der Waals surface area contributed by atoms with Crippen LogP contribution in [0.3, 0.4) is 0 Å². The second-order valence-electron chi connectivity index (χ2n) is 5.71. The summed E-state index contributed by atoms with van der Waals surface area (Å²) in [6.45, 7) is 0. The average Bonchev–Trinajstić information content (AvgIpc) is 2.68. The van der Waals surface area contributed by atoms with Crippen LogP contribution < -0.4 is 11.1 Å². The lowest BCUT2D eigenvalue weighted by Crippen LogP contribution is -2.25. The molecule has 3 rings (SSSR count). The van der Waals surface area contributed by atoms with Gasteiger partial charge in [-0.3, -0.25) is 4.79 Å². The van der Waals surface area contributed by atoms with E-state index in [1.807, 2.05) is 42.5 Å². The van der Waals surface area contributed by atoms with Gasteiger partial charge in [-0.1, -0.05) is 48.6 Å². The van der Waals surface area contributed by atoms with Crippen LogP contribution in [0, 0.1) is 0 Å². The number of hydrogen-bond donors (Lipinski definition) is 2. The van der Waals surface area contributed by atoms with Gasteiger partial charge in [-0.05, 0) is 39.9 Å². The lowest BCUT2D eigenvalue weighted by atomic mass is 10.0. The highest BCUT2D eigenvalue weighted by molar-refractivity contribution is 9.10. The predicted molar refractivity (Wildman–Crippen MR) is 106 cm³/mol. The van der Waals surface area contributed by atoms with E-state index in [2.05, 4.69) is 42.3 Å². The summed E-state index contributed by atoms with van der Waals surface area (Å²) in [7, 11) is 0. The van der Waals surface area contributed by atoms with Crippen LogP contribution in [-0.4, -0.2) is 21.7 Å². The number of benzene rings is 1. The van der Waals surface area contributed by atoms with Crippen LogP contribution in [0.2, 0.25) is 0 Å². The number of amides is 1. The molecule has 1 aliphatic carbocycles. The molecule has 0 saturated heterocycles. The van der Waals surface area contributed by atoms with Crippen LogP contribution in [0.1, 0.15) is 24.4 Å². The molecule has 26 heavy (non-hydrogen) atoms. The van der Waals surface area contributed by atoms with E-state index in [1.54, 1.807) is 12.4 Å². The first-order valence-electron chi connectivity index (χ1n) is 8.16. The lowest BCUT2D eigenvalue weighted by molar-refractivity contribution is -0.118. The third-order valence-corrected chi connectivity index (χ3v) is 4.26. The Hall–Kier alpha value is -2.80. The normalized spacial score (nSPS) is 15.3. The maximum absolute atomic E-state index is 12.8. The van der Waals surface area contributed by atoms with Crippen molar-refractivity contribution in [3.05, 3.63) is 76.6 Å². The van der Waals surface area contributed by atoms with Crippen LogP contribution in [0.4, 0.5) is 5.95 Å². The van der Waals surface area contributed by atoms with E-state index in [1.165, 1.54) is 0 Å². The molecular weight excluding hydrogens is 394 g/mol. The van der Waals surface area contributed by atoms with E-state index < -0.39 is 11.9 Å². The number of aromatic nitrogens is 2. The number of nitrogens with two attached hydrogens (primary N) is 1. The van der Waals surface area contributed by atoms with Crippen molar-refractivity contribution in [3.63, 3.8) is 0 Å². The van der Waals surface area contributed by atoms with Crippen molar-refractivity contribution in [1.82, 2.24) is 9.97 Å². The van der Waals surface area contributed by atoms with Crippen LogP contribution in [0.5, 0.6) is 0 Å². The molecule has 2 aromatic rings. The van der Waals surface area contributed by atoms with Gasteiger partial charge in [-0.2, -0.15) is 4.99 Å². The average molecular weight is 412 g/mol. The molecule has 1 aliphatic rings. The second-order valence-corrected chi connectivity index (χ2v) is 6.62. The zero-order valence-electron chi connectivity index (χ0n) is 14.0. The molecule has 0 fully saturated rings. The second kappa shape index (κ2) is 8.53. The number of hydrogen-bond acceptors (Lipinski definition) is 4. The SMILES string of the molecule is NC(=NC(=O)C(Nc1ncc(Br)cn1)c1ccccc1)C1=CC=CCC1. The van der Waals surface area contributed by atoms with Crippen molar-refractivity contribution in [2.45, 2.75) is 18.9 Å². The van der Waals surface area contributed by atoms with E-state index >= 15 is 0 Å². The third-order valence-electron chi connectivity index (χ3n) is 3.85. The molecule has 7 heteroatoms. The highest BCUT2D eigenvalue weighted by Crippen LogP contribution is 2.20. The van der Waals surface area contributed by atoms with Gasteiger partial charge in [0.05, 0.1) is 4.47 Å². The number of rotatable bonds is 5. The first kappa shape index (κ1) is 18.0. The summed E-state index contributed by atoms with van der Waals surface area (Å²) >= 11 is 3.29. The van der Waals surface area contributed by atoms with Crippen LogP contribution >= 0.6 is 15.9 Å². The molecule has 1 atom stereocenters. The Balaban J connectivity index is 1.87. The summed E-state index contributed by atoms with van der Waals surface area (Å²) in [6.07, 6.45) is 10.8. The van der Waals surface area contributed by atoms with E-state index in [9.17, 15) is 4.79 Å². The van der Waals surface area contributed by atoms with E-state index in [0.29, 0.717) is 5.95 Å². The summed E-state index contributed by atoms with van der Waals surface area (Å²) < 4.78 is 0.755. The van der Waals surface area contributed by atoms with E-state index in [4.69, 9.17) is 5.73 Å². The Morgan fingerprint density at radius 1 is 1.23 bits per heavy atom. The molecule has 132 valence electrons. The summed E-state index contributed by atoms with van der Waals surface area (Å²) in [5, 5.41) is 3.04. The molecule has 1 heterocycles. The first-order chi connectivity index (χ1) is 12.6. The molecule has 1 aromatic heterocycles. The van der Waals surface area contributed by atoms with Gasteiger partial charge in [0, 0.05) is 12.4 Å². The number of allylic oxidation sites excluding steroid dienone is 3. The molecule has 1 amide bonds. The van der Waals surface area contributed by atoms with Crippen LogP contribution in [0.25, 0.3) is 0 Å². The highest BCUT2D eigenvalue weighted by Gasteiger charge is 2.22. The first-order valence-corrected chi connectivity index (χ1v) is 8.96. The maximum atomic E-state index is 12.8. The minimum Gasteiger partial charge on any atom is -0.383 e. The van der Waals surface area contributed by atoms with Crippen molar-refractivity contribution < 1.29 is 4.79 Å². The third kappa shape index (κ3) is 4.64. The zero-order chi connectivity index (χ0) is 18.4. The Kier molecular flexibility index (Phi) is 5.91. The highest BCUT2D eigenvalue weighted by atomic mass is 79.9. The quantitative estimate of drug-likeness (QED) is 0.579. The fourth-order valence-corrected chi connectivity index (χ4v) is 2.72. The predicted octanol–water partition coefficient (Wildman–Crippen LogP) is 3.55. The fourth-order valence-electron chi connectivity index (χ4n) is 2.52. The smallest absolute Gasteiger partial charge is 0.274 e. The number of carbonyl (C=O) groups excluding carboxylic acids is 1. The molecule has 6 nitrogen and oxygen atoms in total. The number of amidine groups is 1. The van der Waals surface area contributed by atoms with Crippen molar-refractivity contribution >= 4 is 33.6 Å². The van der Waals surface area contributed by atoms with Crippen molar-refractivity contribution in [2.24, 2.45) is 10.7 Å². The molecule has 0 aliphatic heterocycles. The number of halogens is 1. The van der Waals surface area contributed by atoms with Crippen molar-refractivity contribution in [3.8, 4) is 0 Å². The maximum Gasteiger partial charge on any atom is 0.274 e. The van der Waals surface area contributed by atoms with Crippen molar-refractivity contribution in [1.29, 1.82) is 0 Å². The zero-order valence-corrected chi connectivity index (χ0v) is 15.6. The molecule has 0 saturated carbocycles. The van der Waals surface area contributed by atoms with Gasteiger partial charge < -0.3 is 11.1 Å². The minimum absolute atomic E-state index is 0.249. The number of nitrogens with zero attached hydrogens (tertiary/aromatic N) is 3. The molecule has 1 unspecified atom stereocenters. The van der Waals surface area contributed by atoms with Gasteiger partial charge in [0.1, 0.15) is 11.9 Å². The number of carbonyl (C=O) groups is 1. The van der Waals surface area contributed by atoms with Gasteiger partial charge in [-0.15, -0.1) is 0 Å². The van der Waals surface area contributed by atoms with E-state index in [-0.39, 0.29) is 5.84 Å². The molecule has 0 bridgehead atoms. The van der Waals surface area contributed by atoms with Gasteiger partial charge in [0.25, 0.3) is 5.91 Å². The molecule has 3 N–H and O–H groups in total. The summed E-state index contributed by atoms with van der Waals surface area (Å²) in [6, 6.07) is 8.59. The minimum atomic E-state index is -0.726. The Morgan fingerprint density at radius 3 is 2.62 bits per heavy atom. The van der Waals surface area contributed by atoms with Crippen LogP contribution in [0.15, 0.2) is 76.0 Å². The number of aliphatic imine (C=N–C) groups is 1. The number of anilines is 1. The fraction of sp³-hybridized carbons (Fsp3) is 0.158. The van der Waals surface area contributed by atoms with Gasteiger partial charge in [0.2, 0.25) is 5.95 Å². The van der Waals surface area contributed by atoms with Gasteiger partial charge >= 0.3 is 0 Å². The molecular formula is C19H18BrN5O. The van der Waals surface area contributed by atoms with E-state index in [0.717, 1.165) is 28.5 Å².